The van der Waals surface area contributed by atoms with E-state index in [0.29, 0.717) is 23.7 Å². The van der Waals surface area contributed by atoms with Gasteiger partial charge in [0.05, 0.1) is 26.0 Å². The van der Waals surface area contributed by atoms with Gasteiger partial charge >= 0.3 is 5.97 Å². The molecule has 1 aromatic heterocycles. The fourth-order valence-electron chi connectivity index (χ4n) is 3.23. The number of ether oxygens (including phenoxy) is 3. The van der Waals surface area contributed by atoms with Crippen molar-refractivity contribution in [1.82, 2.24) is 10.1 Å². The van der Waals surface area contributed by atoms with Gasteiger partial charge in [0.25, 0.3) is 5.91 Å². The summed E-state index contributed by atoms with van der Waals surface area (Å²) in [5, 5.41) is 3.63. The molecule has 8 heteroatoms. The monoisotopic (exact) mass is 374 g/mol. The molecule has 0 N–H and O–H groups in total. The van der Waals surface area contributed by atoms with E-state index in [9.17, 15) is 9.59 Å². The lowest BCUT2D eigenvalue weighted by Gasteiger charge is -2.26. The third-order valence-electron chi connectivity index (χ3n) is 4.52. The number of aryl methyl sites for hydroxylation is 1. The summed E-state index contributed by atoms with van der Waals surface area (Å²) in [7, 11) is 3.18. The van der Waals surface area contributed by atoms with Crippen LogP contribution in [0.15, 0.2) is 28.8 Å². The van der Waals surface area contributed by atoms with E-state index < -0.39 is 5.97 Å². The second-order valence-electron chi connectivity index (χ2n) is 6.26. The third kappa shape index (κ3) is 4.05. The molecule has 0 bridgehead atoms. The first-order valence-corrected chi connectivity index (χ1v) is 8.65. The van der Waals surface area contributed by atoms with Gasteiger partial charge in [0.1, 0.15) is 11.5 Å². The van der Waals surface area contributed by atoms with Crippen molar-refractivity contribution in [2.45, 2.75) is 25.8 Å². The van der Waals surface area contributed by atoms with Gasteiger partial charge in [-0.15, -0.1) is 0 Å². The maximum atomic E-state index is 12.7. The van der Waals surface area contributed by atoms with Crippen LogP contribution in [0, 0.1) is 6.92 Å². The molecule has 144 valence electrons. The molecular weight excluding hydrogens is 352 g/mol. The highest BCUT2D eigenvalue weighted by Crippen LogP contribution is 2.38. The molecule has 1 saturated heterocycles. The summed E-state index contributed by atoms with van der Waals surface area (Å²) in [6.07, 6.45) is 1.65. The minimum atomic E-state index is -0.710. The van der Waals surface area contributed by atoms with Crippen LogP contribution in [0.1, 0.15) is 40.7 Å². The number of carbonyl (C=O) groups excluding carboxylic acids is 2. The smallest absolute Gasteiger partial charge is 0.377 e. The van der Waals surface area contributed by atoms with Crippen molar-refractivity contribution in [3.05, 3.63) is 41.3 Å². The van der Waals surface area contributed by atoms with Crippen LogP contribution >= 0.6 is 0 Å². The predicted octanol–water partition coefficient (Wildman–Crippen LogP) is 2.52. The topological polar surface area (TPSA) is 91.1 Å². The van der Waals surface area contributed by atoms with Gasteiger partial charge in [-0.2, -0.15) is 0 Å². The minimum Gasteiger partial charge on any atom is -0.497 e. The number of amides is 1. The van der Waals surface area contributed by atoms with Crippen LogP contribution in [0.25, 0.3) is 0 Å². The number of aromatic nitrogens is 1. The van der Waals surface area contributed by atoms with Crippen molar-refractivity contribution in [2.24, 2.45) is 0 Å². The van der Waals surface area contributed by atoms with Gasteiger partial charge in [0.2, 0.25) is 5.76 Å². The molecule has 2 heterocycles. The zero-order valence-corrected chi connectivity index (χ0v) is 15.6. The molecule has 3 rings (SSSR count). The first-order chi connectivity index (χ1) is 13.0. The molecule has 1 amide bonds. The Morgan fingerprint density at radius 2 is 2.07 bits per heavy atom. The molecular formula is C19H22N2O6. The van der Waals surface area contributed by atoms with Crippen molar-refractivity contribution in [3.63, 3.8) is 0 Å². The largest absolute Gasteiger partial charge is 0.497 e. The number of hydrogen-bond acceptors (Lipinski definition) is 7. The summed E-state index contributed by atoms with van der Waals surface area (Å²) in [4.78, 5) is 26.3. The summed E-state index contributed by atoms with van der Waals surface area (Å²) >= 11 is 0. The molecule has 0 spiro atoms. The summed E-state index contributed by atoms with van der Waals surface area (Å²) in [6, 6.07) is 6.81. The average Bonchev–Trinajstić information content (AvgIpc) is 3.34. The SMILES string of the molecule is COc1ccc(OC)c([C@H]2CCCN2C(=O)COC(=O)c2cc(C)no2)c1. The van der Waals surface area contributed by atoms with Crippen LogP contribution in [0.5, 0.6) is 11.5 Å². The molecule has 1 aromatic carbocycles. The van der Waals surface area contributed by atoms with Gasteiger partial charge in [0, 0.05) is 18.2 Å². The average molecular weight is 374 g/mol. The fourth-order valence-corrected chi connectivity index (χ4v) is 3.23. The Morgan fingerprint density at radius 1 is 1.26 bits per heavy atom. The van der Waals surface area contributed by atoms with Crippen LogP contribution in [0.4, 0.5) is 0 Å². The van der Waals surface area contributed by atoms with Crippen molar-refractivity contribution < 1.29 is 28.3 Å². The first-order valence-electron chi connectivity index (χ1n) is 8.65. The van der Waals surface area contributed by atoms with E-state index in [2.05, 4.69) is 5.16 Å². The molecule has 2 aromatic rings. The number of benzene rings is 1. The van der Waals surface area contributed by atoms with Gasteiger partial charge in [-0.1, -0.05) is 5.16 Å². The molecule has 8 nitrogen and oxygen atoms in total. The Balaban J connectivity index is 1.70. The molecule has 0 unspecified atom stereocenters. The van der Waals surface area contributed by atoms with E-state index >= 15 is 0 Å². The van der Waals surface area contributed by atoms with Crippen molar-refractivity contribution in [3.8, 4) is 11.5 Å². The van der Waals surface area contributed by atoms with Crippen molar-refractivity contribution in [2.75, 3.05) is 27.4 Å². The lowest BCUT2D eigenvalue weighted by atomic mass is 10.0. The second kappa shape index (κ2) is 8.11. The number of hydrogen-bond donors (Lipinski definition) is 0. The summed E-state index contributed by atoms with van der Waals surface area (Å²) < 4.78 is 20.7. The van der Waals surface area contributed by atoms with Crippen LogP contribution in [0.2, 0.25) is 0 Å². The lowest BCUT2D eigenvalue weighted by molar-refractivity contribution is -0.135. The number of methoxy groups -OCH3 is 2. The van der Waals surface area contributed by atoms with E-state index in [0.717, 1.165) is 18.4 Å². The summed E-state index contributed by atoms with van der Waals surface area (Å²) in [6.45, 7) is 1.92. The normalized spacial score (nSPS) is 16.3. The molecule has 0 saturated carbocycles. The Morgan fingerprint density at radius 3 is 2.74 bits per heavy atom. The van der Waals surface area contributed by atoms with Crippen molar-refractivity contribution >= 4 is 11.9 Å². The minimum absolute atomic E-state index is 0.0206. The zero-order valence-electron chi connectivity index (χ0n) is 15.6. The highest BCUT2D eigenvalue weighted by molar-refractivity contribution is 5.89. The van der Waals surface area contributed by atoms with Crippen LogP contribution in [-0.4, -0.2) is 49.3 Å². The van der Waals surface area contributed by atoms with Crippen LogP contribution in [-0.2, 0) is 9.53 Å². The van der Waals surface area contributed by atoms with E-state index in [1.807, 2.05) is 18.2 Å². The quantitative estimate of drug-likeness (QED) is 0.718. The Kier molecular flexibility index (Phi) is 5.63. The maximum Gasteiger partial charge on any atom is 0.377 e. The van der Waals surface area contributed by atoms with E-state index in [1.165, 1.54) is 6.07 Å². The molecule has 0 aliphatic carbocycles. The zero-order chi connectivity index (χ0) is 19.4. The lowest BCUT2D eigenvalue weighted by Crippen LogP contribution is -2.34. The molecule has 0 radical (unpaired) electrons. The predicted molar refractivity (Wildman–Crippen MR) is 94.8 cm³/mol. The van der Waals surface area contributed by atoms with Gasteiger partial charge in [0.15, 0.2) is 6.61 Å². The Hall–Kier alpha value is -3.03. The number of carbonyl (C=O) groups is 2. The third-order valence-corrected chi connectivity index (χ3v) is 4.52. The molecule has 1 aliphatic rings. The van der Waals surface area contributed by atoms with Crippen LogP contribution < -0.4 is 9.47 Å². The maximum absolute atomic E-state index is 12.7. The second-order valence-corrected chi connectivity index (χ2v) is 6.26. The number of esters is 1. The summed E-state index contributed by atoms with van der Waals surface area (Å²) in [5.41, 5.74) is 1.44. The molecule has 1 fully saturated rings. The number of rotatable bonds is 6. The van der Waals surface area contributed by atoms with Crippen LogP contribution in [0.3, 0.4) is 0 Å². The number of nitrogens with zero attached hydrogens (tertiary/aromatic N) is 2. The number of likely N-dealkylation sites (tertiary alicyclic amines) is 1. The fraction of sp³-hybridized carbons (Fsp3) is 0.421. The van der Waals surface area contributed by atoms with Gasteiger partial charge in [-0.25, -0.2) is 4.79 Å². The van der Waals surface area contributed by atoms with E-state index in [4.69, 9.17) is 18.7 Å². The van der Waals surface area contributed by atoms with Gasteiger partial charge in [-0.05, 0) is 38.0 Å². The van der Waals surface area contributed by atoms with Gasteiger partial charge in [-0.3, -0.25) is 4.79 Å². The van der Waals surface area contributed by atoms with E-state index in [-0.39, 0.29) is 24.3 Å². The molecule has 1 atom stereocenters. The highest BCUT2D eigenvalue weighted by atomic mass is 16.6. The molecule has 1 aliphatic heterocycles. The Labute approximate surface area is 157 Å². The Bertz CT molecular complexity index is 831. The van der Waals surface area contributed by atoms with Gasteiger partial charge < -0.3 is 23.6 Å². The molecule has 27 heavy (non-hydrogen) atoms. The summed E-state index contributed by atoms with van der Waals surface area (Å²) in [5.74, 6) is 0.380. The highest BCUT2D eigenvalue weighted by Gasteiger charge is 2.32. The first kappa shape index (κ1) is 18.8. The standard InChI is InChI=1S/C19H22N2O6/c1-12-9-17(27-20-12)19(23)26-11-18(22)21-8-4-5-15(21)14-10-13(24-2)6-7-16(14)25-3/h6-7,9-10,15H,4-5,8,11H2,1-3H3/t15-/m1/s1. The van der Waals surface area contributed by atoms with E-state index in [1.54, 1.807) is 26.0 Å². The van der Waals surface area contributed by atoms with Crippen molar-refractivity contribution in [1.29, 1.82) is 0 Å².